The summed E-state index contributed by atoms with van der Waals surface area (Å²) in [6, 6.07) is 14.2. The molecule has 2 aromatic rings. The van der Waals surface area contributed by atoms with Crippen LogP contribution in [0.5, 0.6) is 0 Å². The van der Waals surface area contributed by atoms with Gasteiger partial charge in [0.15, 0.2) is 0 Å². The van der Waals surface area contributed by atoms with Crippen molar-refractivity contribution in [3.8, 4) is 0 Å². The van der Waals surface area contributed by atoms with E-state index in [0.29, 0.717) is 41.7 Å². The molecule has 0 saturated carbocycles. The highest BCUT2D eigenvalue weighted by Gasteiger charge is 2.31. The van der Waals surface area contributed by atoms with E-state index < -0.39 is 12.0 Å². The van der Waals surface area contributed by atoms with Gasteiger partial charge in [-0.2, -0.15) is 0 Å². The van der Waals surface area contributed by atoms with Crippen molar-refractivity contribution in [2.45, 2.75) is 25.5 Å². The van der Waals surface area contributed by atoms with Gasteiger partial charge < -0.3 is 18.5 Å². The molecule has 0 spiro atoms. The van der Waals surface area contributed by atoms with Crippen molar-refractivity contribution in [3.05, 3.63) is 81.5 Å². The zero-order valence-electron chi connectivity index (χ0n) is 20.9. The van der Waals surface area contributed by atoms with E-state index in [4.69, 9.17) is 37.4 Å². The Kier molecular flexibility index (Phi) is 11.2. The van der Waals surface area contributed by atoms with Crippen LogP contribution >= 0.6 is 35.3 Å². The fourth-order valence-electron chi connectivity index (χ4n) is 4.06. The van der Waals surface area contributed by atoms with Gasteiger partial charge in [-0.3, -0.25) is 9.69 Å². The number of esters is 2. The second-order valence-corrected chi connectivity index (χ2v) is 10.6. The molecule has 204 valence electrons. The van der Waals surface area contributed by atoms with Crippen LogP contribution in [0.2, 0.25) is 10.0 Å². The molecule has 11 heteroatoms. The first-order valence-electron chi connectivity index (χ1n) is 12.5. The number of morpholine rings is 1. The Hall–Kier alpha value is -2.27. The molecule has 4 rings (SSSR count). The van der Waals surface area contributed by atoms with Crippen LogP contribution in [-0.2, 0) is 30.4 Å². The Balaban J connectivity index is 1.33. The van der Waals surface area contributed by atoms with Crippen molar-refractivity contribution in [1.29, 1.82) is 0 Å². The van der Waals surface area contributed by atoms with Crippen molar-refractivity contribution in [2.75, 3.05) is 46.0 Å². The maximum absolute atomic E-state index is 13.2. The molecule has 2 aromatic carbocycles. The molecule has 1 fully saturated rings. The smallest absolute Gasteiger partial charge is 0.337 e. The lowest BCUT2D eigenvalue weighted by Gasteiger charge is -2.31. The van der Waals surface area contributed by atoms with Gasteiger partial charge in [-0.15, -0.1) is 0 Å². The van der Waals surface area contributed by atoms with E-state index in [0.717, 1.165) is 37.4 Å². The number of rotatable bonds is 11. The van der Waals surface area contributed by atoms with Crippen molar-refractivity contribution < 1.29 is 23.8 Å². The molecule has 0 aromatic heterocycles. The van der Waals surface area contributed by atoms with Gasteiger partial charge in [-0.1, -0.05) is 59.6 Å². The number of nitrogens with zero attached hydrogens (tertiary/aromatic N) is 2. The van der Waals surface area contributed by atoms with Gasteiger partial charge in [0.05, 0.1) is 24.8 Å². The third-order valence-electron chi connectivity index (χ3n) is 6.14. The molecule has 2 aliphatic rings. The molecule has 0 amide bonds. The SMILES string of the molecule is O=C(CCCN1C=C(C(=O)OCc2ccccc2)C(c2ccc(Cl)cc2Cl)NS1)OCCN1CCOCC1. The van der Waals surface area contributed by atoms with Crippen molar-refractivity contribution in [3.63, 3.8) is 0 Å². The first-order chi connectivity index (χ1) is 18.5. The van der Waals surface area contributed by atoms with Crippen LogP contribution in [0.4, 0.5) is 0 Å². The Morgan fingerprint density at radius 3 is 2.61 bits per heavy atom. The standard InChI is InChI=1S/C27H31Cl2N3O5S/c28-21-8-9-22(24(29)17-21)26-23(27(34)37-19-20-5-2-1-3-6-20)18-32(38-30-26)10-4-7-25(33)36-16-13-31-11-14-35-15-12-31/h1-3,5-6,8-9,17-18,26,30H,4,7,10-16,19H2. The first kappa shape index (κ1) is 28.7. The number of carbonyl (C=O) groups excluding carboxylic acids is 2. The third kappa shape index (κ3) is 8.62. The van der Waals surface area contributed by atoms with Crippen LogP contribution in [0.25, 0.3) is 0 Å². The number of hydrogen-bond donors (Lipinski definition) is 1. The molecule has 0 bridgehead atoms. The van der Waals surface area contributed by atoms with Crippen LogP contribution in [0.15, 0.2) is 60.3 Å². The van der Waals surface area contributed by atoms with Gasteiger partial charge in [0.1, 0.15) is 13.2 Å². The highest BCUT2D eigenvalue weighted by molar-refractivity contribution is 7.95. The minimum atomic E-state index is -0.491. The second kappa shape index (κ2) is 14.8. The molecule has 0 radical (unpaired) electrons. The maximum Gasteiger partial charge on any atom is 0.337 e. The van der Waals surface area contributed by atoms with E-state index >= 15 is 0 Å². The summed E-state index contributed by atoms with van der Waals surface area (Å²) in [5, 5.41) is 0.962. The molecule has 0 aliphatic carbocycles. The number of halogens is 2. The quantitative estimate of drug-likeness (QED) is 0.298. The number of nitrogens with one attached hydrogen (secondary N) is 1. The van der Waals surface area contributed by atoms with Gasteiger partial charge in [-0.05, 0) is 29.7 Å². The van der Waals surface area contributed by atoms with E-state index in [-0.39, 0.29) is 19.0 Å². The summed E-state index contributed by atoms with van der Waals surface area (Å²) in [7, 11) is 0. The summed E-state index contributed by atoms with van der Waals surface area (Å²) in [6.07, 6.45) is 2.61. The molecular formula is C27H31Cl2N3O5S. The normalized spacial score (nSPS) is 18.1. The minimum Gasteiger partial charge on any atom is -0.464 e. The molecule has 2 heterocycles. The van der Waals surface area contributed by atoms with Gasteiger partial charge >= 0.3 is 11.9 Å². The Bertz CT molecular complexity index is 1120. The summed E-state index contributed by atoms with van der Waals surface area (Å²) < 4.78 is 21.5. The maximum atomic E-state index is 13.2. The zero-order chi connectivity index (χ0) is 26.7. The topological polar surface area (TPSA) is 80.3 Å². The van der Waals surface area contributed by atoms with E-state index in [1.165, 1.54) is 12.1 Å². The molecule has 2 aliphatic heterocycles. The van der Waals surface area contributed by atoms with Crippen LogP contribution < -0.4 is 4.72 Å². The van der Waals surface area contributed by atoms with Crippen LogP contribution in [0.1, 0.15) is 30.0 Å². The van der Waals surface area contributed by atoms with E-state index in [9.17, 15) is 9.59 Å². The first-order valence-corrected chi connectivity index (χ1v) is 14.0. The van der Waals surface area contributed by atoms with Gasteiger partial charge in [0, 0.05) is 61.0 Å². The monoisotopic (exact) mass is 579 g/mol. The summed E-state index contributed by atoms with van der Waals surface area (Å²) in [5.41, 5.74) is 2.02. The Morgan fingerprint density at radius 1 is 1.05 bits per heavy atom. The molecule has 1 N–H and O–H groups in total. The summed E-state index contributed by atoms with van der Waals surface area (Å²) in [5.74, 6) is -0.685. The molecule has 1 saturated heterocycles. The lowest BCUT2D eigenvalue weighted by molar-refractivity contribution is -0.144. The lowest BCUT2D eigenvalue weighted by Crippen LogP contribution is -2.38. The zero-order valence-corrected chi connectivity index (χ0v) is 23.3. The summed E-state index contributed by atoms with van der Waals surface area (Å²) in [6.45, 7) is 4.94. The van der Waals surface area contributed by atoms with Crippen LogP contribution in [0.3, 0.4) is 0 Å². The third-order valence-corrected chi connectivity index (χ3v) is 7.56. The molecule has 1 atom stereocenters. The summed E-state index contributed by atoms with van der Waals surface area (Å²) in [4.78, 5) is 27.6. The molecule has 1 unspecified atom stereocenters. The van der Waals surface area contributed by atoms with Crippen LogP contribution in [0, 0.1) is 0 Å². The van der Waals surface area contributed by atoms with Crippen molar-refractivity contribution >= 4 is 47.3 Å². The van der Waals surface area contributed by atoms with Crippen molar-refractivity contribution in [2.24, 2.45) is 0 Å². The minimum absolute atomic E-state index is 0.154. The van der Waals surface area contributed by atoms with Crippen molar-refractivity contribution in [1.82, 2.24) is 13.9 Å². The predicted molar refractivity (Wildman–Crippen MR) is 148 cm³/mol. The van der Waals surface area contributed by atoms with Gasteiger partial charge in [0.25, 0.3) is 0 Å². The van der Waals surface area contributed by atoms with E-state index in [1.807, 2.05) is 34.6 Å². The second-order valence-electron chi connectivity index (χ2n) is 8.87. The number of ether oxygens (including phenoxy) is 3. The van der Waals surface area contributed by atoms with Gasteiger partial charge in [0.2, 0.25) is 0 Å². The molecule has 8 nitrogen and oxygen atoms in total. The largest absolute Gasteiger partial charge is 0.464 e. The highest BCUT2D eigenvalue weighted by atomic mass is 35.5. The Morgan fingerprint density at radius 2 is 1.84 bits per heavy atom. The fourth-order valence-corrected chi connectivity index (χ4v) is 5.46. The molecular weight excluding hydrogens is 549 g/mol. The number of benzene rings is 2. The van der Waals surface area contributed by atoms with E-state index in [2.05, 4.69) is 9.62 Å². The van der Waals surface area contributed by atoms with E-state index in [1.54, 1.807) is 24.4 Å². The Labute approximate surface area is 237 Å². The number of hydrogen-bond acceptors (Lipinski definition) is 9. The average Bonchev–Trinajstić information content (AvgIpc) is 2.93. The number of carbonyl (C=O) groups is 2. The average molecular weight is 581 g/mol. The van der Waals surface area contributed by atoms with Crippen LogP contribution in [-0.4, -0.2) is 67.1 Å². The predicted octanol–water partition coefficient (Wildman–Crippen LogP) is 4.79. The summed E-state index contributed by atoms with van der Waals surface area (Å²) >= 11 is 13.9. The fraction of sp³-hybridized carbons (Fsp3) is 0.407. The highest BCUT2D eigenvalue weighted by Crippen LogP contribution is 2.36. The molecule has 38 heavy (non-hydrogen) atoms. The van der Waals surface area contributed by atoms with Gasteiger partial charge in [-0.25, -0.2) is 9.52 Å². The lowest BCUT2D eigenvalue weighted by atomic mass is 10.00.